The van der Waals surface area contributed by atoms with E-state index in [1.165, 1.54) is 25.2 Å². The van der Waals surface area contributed by atoms with Crippen molar-refractivity contribution in [2.75, 3.05) is 19.1 Å². The number of fused-ring (bicyclic) bond motifs is 1. The molecule has 0 bridgehead atoms. The number of methoxy groups -OCH3 is 2. The molecule has 1 N–H and O–H groups in total. The van der Waals surface area contributed by atoms with Gasteiger partial charge < -0.3 is 19.0 Å². The second kappa shape index (κ2) is 9.38. The number of nitrogens with zero attached hydrogens (tertiary/aromatic N) is 2. The number of carbonyl (C=O) groups excluding carboxylic acids is 3. The predicted molar refractivity (Wildman–Crippen MR) is 137 cm³/mol. The largest absolute Gasteiger partial charge is 0.503 e. The number of benzene rings is 2. The van der Waals surface area contributed by atoms with Crippen molar-refractivity contribution in [2.45, 2.75) is 13.0 Å². The summed E-state index contributed by atoms with van der Waals surface area (Å²) in [5.41, 5.74) is 0.998. The minimum atomic E-state index is -1.07. The van der Waals surface area contributed by atoms with Crippen LogP contribution in [0.4, 0.5) is 5.13 Å². The summed E-state index contributed by atoms with van der Waals surface area (Å²) in [4.78, 5) is 45.1. The van der Waals surface area contributed by atoms with E-state index >= 15 is 0 Å². The highest BCUT2D eigenvalue weighted by atomic mass is 35.5. The third kappa shape index (κ3) is 4.04. The molecule has 0 fully saturated rings. The number of esters is 1. The van der Waals surface area contributed by atoms with Gasteiger partial charge in [0.1, 0.15) is 4.88 Å². The van der Waals surface area contributed by atoms with Crippen LogP contribution < -0.4 is 9.64 Å². The van der Waals surface area contributed by atoms with Gasteiger partial charge in [0.05, 0.1) is 31.5 Å². The number of hydrogen-bond donors (Lipinski definition) is 1. The Morgan fingerprint density at radius 2 is 1.89 bits per heavy atom. The predicted octanol–water partition coefficient (Wildman–Crippen LogP) is 5.43. The number of ketones is 1. The number of anilines is 1. The van der Waals surface area contributed by atoms with Crippen LogP contribution in [-0.4, -0.2) is 42.0 Å². The summed E-state index contributed by atoms with van der Waals surface area (Å²) >= 11 is 6.99. The first-order valence-electron chi connectivity index (χ1n) is 10.9. The van der Waals surface area contributed by atoms with Crippen LogP contribution in [0.15, 0.2) is 64.3 Å². The molecule has 1 aliphatic heterocycles. The van der Waals surface area contributed by atoms with Gasteiger partial charge in [-0.15, -0.1) is 0 Å². The molecule has 11 heteroatoms. The summed E-state index contributed by atoms with van der Waals surface area (Å²) in [5, 5.41) is 12.2. The van der Waals surface area contributed by atoms with Crippen molar-refractivity contribution in [3.05, 3.63) is 86.8 Å². The van der Waals surface area contributed by atoms with Crippen LogP contribution in [-0.2, 0) is 9.53 Å². The topological polar surface area (TPSA) is 119 Å². The molecule has 5 rings (SSSR count). The summed E-state index contributed by atoms with van der Waals surface area (Å²) < 4.78 is 15.9. The number of aromatic nitrogens is 1. The van der Waals surface area contributed by atoms with Crippen LogP contribution in [0.2, 0.25) is 5.02 Å². The molecule has 1 aliphatic rings. The van der Waals surface area contributed by atoms with E-state index < -0.39 is 29.5 Å². The second-order valence-electron chi connectivity index (χ2n) is 8.11. The van der Waals surface area contributed by atoms with Crippen molar-refractivity contribution in [1.29, 1.82) is 0 Å². The summed E-state index contributed by atoms with van der Waals surface area (Å²) in [6.45, 7) is 1.60. The number of para-hydroxylation sites is 1. The van der Waals surface area contributed by atoms with E-state index in [9.17, 15) is 19.5 Å². The van der Waals surface area contributed by atoms with Crippen LogP contribution in [0.1, 0.15) is 37.5 Å². The van der Waals surface area contributed by atoms with E-state index in [1.807, 2.05) is 0 Å². The Morgan fingerprint density at radius 3 is 2.57 bits per heavy atom. The number of hydrogen-bond acceptors (Lipinski definition) is 9. The third-order valence-corrected chi connectivity index (χ3v) is 7.34. The lowest BCUT2D eigenvalue weighted by atomic mass is 9.95. The fourth-order valence-corrected chi connectivity index (χ4v) is 5.34. The van der Waals surface area contributed by atoms with Gasteiger partial charge in [0.2, 0.25) is 5.78 Å². The molecule has 0 saturated carbocycles. The zero-order valence-corrected chi connectivity index (χ0v) is 21.3. The number of ether oxygens (including phenoxy) is 2. The van der Waals surface area contributed by atoms with Gasteiger partial charge in [-0.1, -0.05) is 47.2 Å². The Hall–Kier alpha value is -4.15. The summed E-state index contributed by atoms with van der Waals surface area (Å²) in [7, 11) is 2.72. The Labute approximate surface area is 219 Å². The van der Waals surface area contributed by atoms with Crippen LogP contribution >= 0.6 is 22.9 Å². The normalized spacial score (nSPS) is 15.5. The number of aliphatic hydroxyl groups is 1. The number of aliphatic hydroxyl groups excluding tert-OH is 1. The molecule has 0 saturated heterocycles. The van der Waals surface area contributed by atoms with Crippen molar-refractivity contribution in [3.63, 3.8) is 0 Å². The van der Waals surface area contributed by atoms with Crippen molar-refractivity contribution in [1.82, 2.24) is 4.98 Å². The number of halogens is 1. The van der Waals surface area contributed by atoms with Gasteiger partial charge in [0.15, 0.2) is 28.0 Å². The Balaban J connectivity index is 1.65. The molecule has 188 valence electrons. The van der Waals surface area contributed by atoms with Crippen LogP contribution in [0.25, 0.3) is 11.0 Å². The minimum absolute atomic E-state index is 0.0831. The molecule has 0 unspecified atom stereocenters. The SMILES string of the molecule is COC(=O)c1sc(N2C(=O)C(O)=C(C(=O)c3cc4cccc(OC)c4o3)[C@H]2c2ccc(Cl)cc2)nc1C. The van der Waals surface area contributed by atoms with Crippen molar-refractivity contribution in [3.8, 4) is 5.75 Å². The Morgan fingerprint density at radius 1 is 1.16 bits per heavy atom. The number of aryl methyl sites for hydroxylation is 1. The summed E-state index contributed by atoms with van der Waals surface area (Å²) in [6.07, 6.45) is 0. The molecular formula is C26H19ClN2O7S. The van der Waals surface area contributed by atoms with E-state index in [-0.39, 0.29) is 21.3 Å². The lowest BCUT2D eigenvalue weighted by molar-refractivity contribution is -0.117. The van der Waals surface area contributed by atoms with Gasteiger partial charge in [-0.25, -0.2) is 9.78 Å². The second-order valence-corrected chi connectivity index (χ2v) is 9.53. The van der Waals surface area contributed by atoms with Gasteiger partial charge in [-0.05, 0) is 36.8 Å². The maximum absolute atomic E-state index is 13.8. The summed E-state index contributed by atoms with van der Waals surface area (Å²) in [6, 6.07) is 12.2. The molecule has 37 heavy (non-hydrogen) atoms. The number of rotatable bonds is 6. The first-order valence-corrected chi connectivity index (χ1v) is 12.1. The molecule has 0 aliphatic carbocycles. The zero-order chi connectivity index (χ0) is 26.4. The fraction of sp³-hybridized carbons (Fsp3) is 0.154. The van der Waals surface area contributed by atoms with E-state index in [0.29, 0.717) is 33.0 Å². The Bertz CT molecular complexity index is 1600. The fourth-order valence-electron chi connectivity index (χ4n) is 4.20. The van der Waals surface area contributed by atoms with E-state index in [2.05, 4.69) is 4.98 Å². The summed E-state index contributed by atoms with van der Waals surface area (Å²) in [5.74, 6) is -2.54. The molecule has 0 radical (unpaired) electrons. The number of thiazole rings is 1. The molecule has 0 spiro atoms. The van der Waals surface area contributed by atoms with Crippen LogP contribution in [0, 0.1) is 6.92 Å². The standard InChI is InChI=1S/C26H19ClN2O7S/c1-12-23(25(33)35-3)37-26(28-12)29-19(13-7-9-15(27)10-8-13)18(21(31)24(29)32)20(30)17-11-14-5-4-6-16(34-2)22(14)36-17/h4-11,19,31H,1-3H3/t19-/m1/s1. The maximum atomic E-state index is 13.8. The van der Waals surface area contributed by atoms with E-state index in [1.54, 1.807) is 49.4 Å². The van der Waals surface area contributed by atoms with Gasteiger partial charge in [-0.3, -0.25) is 14.5 Å². The number of amides is 1. The smallest absolute Gasteiger partial charge is 0.350 e. The Kier molecular flexibility index (Phi) is 6.22. The maximum Gasteiger partial charge on any atom is 0.350 e. The van der Waals surface area contributed by atoms with E-state index in [0.717, 1.165) is 11.3 Å². The number of furan rings is 1. The molecule has 4 aromatic rings. The lowest BCUT2D eigenvalue weighted by Gasteiger charge is -2.24. The highest BCUT2D eigenvalue weighted by Crippen LogP contribution is 2.44. The highest BCUT2D eigenvalue weighted by molar-refractivity contribution is 7.17. The van der Waals surface area contributed by atoms with Gasteiger partial charge in [0, 0.05) is 10.4 Å². The number of carbonyl (C=O) groups is 3. The molecule has 3 heterocycles. The molecule has 1 atom stereocenters. The molecule has 2 aromatic heterocycles. The van der Waals surface area contributed by atoms with Gasteiger partial charge in [0.25, 0.3) is 5.91 Å². The first-order chi connectivity index (χ1) is 17.7. The van der Waals surface area contributed by atoms with Crippen molar-refractivity contribution < 1.29 is 33.4 Å². The average Bonchev–Trinajstić information content (AvgIpc) is 3.57. The highest BCUT2D eigenvalue weighted by Gasteiger charge is 2.47. The monoisotopic (exact) mass is 538 g/mol. The lowest BCUT2D eigenvalue weighted by Crippen LogP contribution is -2.31. The van der Waals surface area contributed by atoms with Crippen LogP contribution in [0.3, 0.4) is 0 Å². The molecule has 2 aromatic carbocycles. The molecular weight excluding hydrogens is 520 g/mol. The van der Waals surface area contributed by atoms with E-state index in [4.69, 9.17) is 25.5 Å². The molecule has 9 nitrogen and oxygen atoms in total. The quantitative estimate of drug-likeness (QED) is 0.255. The minimum Gasteiger partial charge on any atom is -0.503 e. The van der Waals surface area contributed by atoms with Gasteiger partial charge >= 0.3 is 5.97 Å². The first kappa shape index (κ1) is 24.5. The average molecular weight is 539 g/mol. The number of Topliss-reactive ketones (excluding diaryl/α,β-unsaturated/α-hetero) is 1. The molecule has 1 amide bonds. The third-order valence-electron chi connectivity index (χ3n) is 5.95. The van der Waals surface area contributed by atoms with Crippen LogP contribution in [0.5, 0.6) is 5.75 Å². The zero-order valence-electron chi connectivity index (χ0n) is 19.8. The van der Waals surface area contributed by atoms with Gasteiger partial charge in [-0.2, -0.15) is 0 Å². The van der Waals surface area contributed by atoms with Crippen molar-refractivity contribution >= 4 is 56.7 Å². The van der Waals surface area contributed by atoms with Crippen molar-refractivity contribution in [2.24, 2.45) is 0 Å².